The first kappa shape index (κ1) is 30.3. The smallest absolute Gasteiger partial charge is 0.238 e. The molecular weight excluding hydrogens is 659 g/mol. The molecule has 3 aromatic heterocycles. The summed E-state index contributed by atoms with van der Waals surface area (Å²) in [5.74, 6) is 1.78. The Morgan fingerprint density at radius 2 is 0.778 bits per heavy atom. The van der Waals surface area contributed by atoms with E-state index in [1.807, 2.05) is 0 Å². The monoisotopic (exact) mass is 689 g/mol. The Labute approximate surface area is 311 Å². The highest BCUT2D eigenvalue weighted by atomic mass is 15.2. The van der Waals surface area contributed by atoms with E-state index in [4.69, 9.17) is 15.0 Å². The van der Waals surface area contributed by atoms with Crippen LogP contribution in [0.1, 0.15) is 0 Å². The Morgan fingerprint density at radius 3 is 1.44 bits per heavy atom. The average molecular weight is 690 g/mol. The van der Waals surface area contributed by atoms with Gasteiger partial charge in [-0.05, 0) is 64.4 Å². The van der Waals surface area contributed by atoms with Crippen LogP contribution in [0, 0.1) is 0 Å². The van der Waals surface area contributed by atoms with Gasteiger partial charge in [-0.25, -0.2) is 4.98 Å². The summed E-state index contributed by atoms with van der Waals surface area (Å²) in [5.41, 5.74) is 9.46. The van der Waals surface area contributed by atoms with E-state index >= 15 is 0 Å². The molecule has 0 amide bonds. The van der Waals surface area contributed by atoms with Crippen LogP contribution >= 0.6 is 0 Å². The number of hydrogen-bond donors (Lipinski definition) is 0. The van der Waals surface area contributed by atoms with Crippen molar-refractivity contribution in [1.29, 1.82) is 0 Å². The highest BCUT2D eigenvalue weighted by Gasteiger charge is 2.21. The fraction of sp³-hybridized carbons (Fsp3) is 0. The van der Waals surface area contributed by atoms with Crippen molar-refractivity contribution in [2.75, 3.05) is 0 Å². The van der Waals surface area contributed by atoms with Crippen LogP contribution in [0.5, 0.6) is 0 Å². The molecule has 11 aromatic rings. The third-order valence-corrected chi connectivity index (χ3v) is 10.6. The van der Waals surface area contributed by atoms with Crippen LogP contribution in [-0.2, 0) is 0 Å². The van der Waals surface area contributed by atoms with Crippen molar-refractivity contribution in [2.24, 2.45) is 0 Å². The molecule has 0 aliphatic rings. The van der Waals surface area contributed by atoms with Gasteiger partial charge in [-0.1, -0.05) is 146 Å². The Bertz CT molecular complexity index is 3130. The molecule has 8 aromatic carbocycles. The summed E-state index contributed by atoms with van der Waals surface area (Å²) in [6.45, 7) is 0. The van der Waals surface area contributed by atoms with Crippen molar-refractivity contribution < 1.29 is 0 Å². The molecule has 0 aliphatic heterocycles. The molecule has 0 saturated heterocycles. The first-order chi connectivity index (χ1) is 26.8. The fourth-order valence-electron chi connectivity index (χ4n) is 8.20. The second-order valence-corrected chi connectivity index (χ2v) is 13.6. The van der Waals surface area contributed by atoms with Crippen LogP contribution in [-0.4, -0.2) is 24.1 Å². The molecule has 0 fully saturated rings. The van der Waals surface area contributed by atoms with Gasteiger partial charge in [0, 0.05) is 32.7 Å². The quantitative estimate of drug-likeness (QED) is 0.181. The van der Waals surface area contributed by atoms with E-state index in [2.05, 4.69) is 197 Å². The van der Waals surface area contributed by atoms with Crippen LogP contribution in [0.4, 0.5) is 0 Å². The molecule has 5 nitrogen and oxygen atoms in total. The Hall–Kier alpha value is -7.37. The Kier molecular flexibility index (Phi) is 6.79. The van der Waals surface area contributed by atoms with Crippen LogP contribution in [0.3, 0.4) is 0 Å². The SMILES string of the molecule is c1cc(-c2nc(-c3ccccc3-n3c4ccccc4c4ccccc43)nc(-n3c4ccccc4c4ccccc43)n2)cc(-c2cccc3ccccc23)c1. The number of fused-ring (bicyclic) bond motifs is 7. The van der Waals surface area contributed by atoms with Crippen LogP contribution < -0.4 is 0 Å². The van der Waals surface area contributed by atoms with Crippen molar-refractivity contribution in [3.05, 3.63) is 188 Å². The van der Waals surface area contributed by atoms with E-state index in [1.54, 1.807) is 0 Å². The van der Waals surface area contributed by atoms with Gasteiger partial charge >= 0.3 is 0 Å². The maximum atomic E-state index is 5.35. The molecule has 0 bridgehead atoms. The third kappa shape index (κ3) is 4.69. The van der Waals surface area contributed by atoms with E-state index in [-0.39, 0.29) is 0 Å². The predicted octanol–water partition coefficient (Wildman–Crippen LogP) is 12.2. The molecular formula is C49H31N5. The van der Waals surface area contributed by atoms with E-state index in [0.29, 0.717) is 17.6 Å². The number of para-hydroxylation sites is 5. The lowest BCUT2D eigenvalue weighted by Gasteiger charge is -2.15. The molecule has 5 heteroatoms. The molecule has 0 saturated carbocycles. The van der Waals surface area contributed by atoms with Crippen molar-refractivity contribution in [3.63, 3.8) is 0 Å². The molecule has 0 atom stereocenters. The molecule has 11 rings (SSSR count). The van der Waals surface area contributed by atoms with Gasteiger partial charge in [-0.2, -0.15) is 9.97 Å². The normalized spacial score (nSPS) is 11.7. The molecule has 3 heterocycles. The summed E-state index contributed by atoms with van der Waals surface area (Å²) in [5, 5.41) is 7.13. The summed E-state index contributed by atoms with van der Waals surface area (Å²) in [4.78, 5) is 16.0. The predicted molar refractivity (Wildman–Crippen MR) is 222 cm³/mol. The summed E-state index contributed by atoms with van der Waals surface area (Å²) in [7, 11) is 0. The minimum absolute atomic E-state index is 0.569. The number of hydrogen-bond acceptors (Lipinski definition) is 3. The molecule has 0 radical (unpaired) electrons. The maximum absolute atomic E-state index is 5.35. The van der Waals surface area contributed by atoms with Gasteiger partial charge < -0.3 is 4.57 Å². The molecule has 0 unspecified atom stereocenters. The summed E-state index contributed by atoms with van der Waals surface area (Å²) in [6.07, 6.45) is 0. The fourth-order valence-corrected chi connectivity index (χ4v) is 8.20. The van der Waals surface area contributed by atoms with E-state index in [9.17, 15) is 0 Å². The summed E-state index contributed by atoms with van der Waals surface area (Å²) < 4.78 is 4.52. The third-order valence-electron chi connectivity index (χ3n) is 10.6. The minimum Gasteiger partial charge on any atom is -0.309 e. The summed E-state index contributed by atoms with van der Waals surface area (Å²) >= 11 is 0. The molecule has 0 spiro atoms. The lowest BCUT2D eigenvalue weighted by Crippen LogP contribution is -2.07. The van der Waals surface area contributed by atoms with Crippen LogP contribution in [0.2, 0.25) is 0 Å². The second kappa shape index (κ2) is 12.1. The minimum atomic E-state index is 0.569. The van der Waals surface area contributed by atoms with Gasteiger partial charge in [0.1, 0.15) is 0 Å². The number of nitrogens with zero attached hydrogens (tertiary/aromatic N) is 5. The van der Waals surface area contributed by atoms with Crippen molar-refractivity contribution in [1.82, 2.24) is 24.1 Å². The zero-order valence-electron chi connectivity index (χ0n) is 29.1. The van der Waals surface area contributed by atoms with E-state index in [0.717, 1.165) is 55.2 Å². The lowest BCUT2D eigenvalue weighted by molar-refractivity contribution is 0.952. The van der Waals surface area contributed by atoms with Gasteiger partial charge in [0.2, 0.25) is 5.95 Å². The Morgan fingerprint density at radius 1 is 0.315 bits per heavy atom. The van der Waals surface area contributed by atoms with Crippen LogP contribution in [0.25, 0.3) is 99.9 Å². The lowest BCUT2D eigenvalue weighted by atomic mass is 9.97. The van der Waals surface area contributed by atoms with Crippen LogP contribution in [0.15, 0.2) is 188 Å². The number of aromatic nitrogens is 5. The van der Waals surface area contributed by atoms with E-state index < -0.39 is 0 Å². The van der Waals surface area contributed by atoms with E-state index in [1.165, 1.54) is 27.1 Å². The van der Waals surface area contributed by atoms with Gasteiger partial charge in [-0.15, -0.1) is 0 Å². The highest BCUT2D eigenvalue weighted by Crippen LogP contribution is 2.38. The van der Waals surface area contributed by atoms with Crippen molar-refractivity contribution >= 4 is 54.4 Å². The first-order valence-electron chi connectivity index (χ1n) is 18.2. The largest absolute Gasteiger partial charge is 0.309 e. The zero-order chi connectivity index (χ0) is 35.6. The number of benzene rings is 8. The topological polar surface area (TPSA) is 48.5 Å². The zero-order valence-corrected chi connectivity index (χ0v) is 29.1. The Balaban J connectivity index is 1.19. The average Bonchev–Trinajstić information content (AvgIpc) is 3.76. The number of rotatable bonds is 5. The van der Waals surface area contributed by atoms with Crippen molar-refractivity contribution in [2.45, 2.75) is 0 Å². The van der Waals surface area contributed by atoms with Crippen molar-refractivity contribution in [3.8, 4) is 45.5 Å². The summed E-state index contributed by atoms with van der Waals surface area (Å²) in [6, 6.07) is 66.1. The standard InChI is InChI=1S/C49H31N5/c1-2-19-35-32(15-1)16-14-25-36(35)33-17-13-18-34(31-33)47-50-48(52-49(51-47)54-44-28-10-5-22-39(44)40-23-6-11-29-45(40)54)41-24-7-12-30-46(41)53-42-26-8-3-20-37(42)38-21-4-9-27-43(38)53/h1-31H. The van der Waals surface area contributed by atoms with Gasteiger partial charge in [0.15, 0.2) is 11.6 Å². The molecule has 252 valence electrons. The maximum Gasteiger partial charge on any atom is 0.238 e. The van der Waals surface area contributed by atoms with Gasteiger partial charge in [0.05, 0.1) is 27.8 Å². The first-order valence-corrected chi connectivity index (χ1v) is 18.2. The highest BCUT2D eigenvalue weighted by molar-refractivity contribution is 6.10. The van der Waals surface area contributed by atoms with Gasteiger partial charge in [0.25, 0.3) is 0 Å². The molecule has 0 N–H and O–H groups in total. The molecule has 0 aliphatic carbocycles. The second-order valence-electron chi connectivity index (χ2n) is 13.6. The molecule has 54 heavy (non-hydrogen) atoms. The van der Waals surface area contributed by atoms with Gasteiger partial charge in [-0.3, -0.25) is 4.57 Å².